The van der Waals surface area contributed by atoms with E-state index in [1.165, 1.54) is 4.90 Å². The van der Waals surface area contributed by atoms with Crippen molar-refractivity contribution >= 4 is 23.5 Å². The van der Waals surface area contributed by atoms with Crippen molar-refractivity contribution in [3.05, 3.63) is 34.7 Å². The third-order valence-corrected chi connectivity index (χ3v) is 5.57. The summed E-state index contributed by atoms with van der Waals surface area (Å²) in [4.78, 5) is 33.1. The van der Waals surface area contributed by atoms with Crippen LogP contribution in [-0.4, -0.2) is 61.9 Å². The van der Waals surface area contributed by atoms with Crippen molar-refractivity contribution in [1.82, 2.24) is 24.6 Å². The van der Waals surface area contributed by atoms with Gasteiger partial charge in [0.05, 0.1) is 24.2 Å². The van der Waals surface area contributed by atoms with Gasteiger partial charge in [-0.15, -0.1) is 0 Å². The largest absolute Gasteiger partial charge is 0.491 e. The molecule has 1 aliphatic heterocycles. The molecule has 0 atom stereocenters. The van der Waals surface area contributed by atoms with E-state index in [1.54, 1.807) is 18.2 Å². The lowest BCUT2D eigenvalue weighted by molar-refractivity contribution is -0.202. The zero-order valence-corrected chi connectivity index (χ0v) is 20.2. The molecule has 0 N–H and O–H groups in total. The Labute approximate surface area is 207 Å². The number of carbonyl (C=O) groups excluding carboxylic acids is 2. The number of hydrogen-bond acceptors (Lipinski definition) is 9. The molecular formula is C22H21ClF3N5O5. The fourth-order valence-corrected chi connectivity index (χ4v) is 3.89. The molecule has 0 fully saturated rings. The minimum atomic E-state index is -5.24. The Bertz CT molecular complexity index is 1300. The van der Waals surface area contributed by atoms with Crippen LogP contribution in [0, 0.1) is 6.92 Å². The van der Waals surface area contributed by atoms with Crippen molar-refractivity contribution in [2.24, 2.45) is 0 Å². The number of esters is 2. The summed E-state index contributed by atoms with van der Waals surface area (Å²) in [6.45, 7) is 5.98. The van der Waals surface area contributed by atoms with Gasteiger partial charge in [0, 0.05) is 24.3 Å². The van der Waals surface area contributed by atoms with E-state index in [1.807, 2.05) is 25.3 Å². The van der Waals surface area contributed by atoms with Crippen molar-refractivity contribution in [3.8, 4) is 28.7 Å². The lowest BCUT2D eigenvalue weighted by atomic mass is 10.2. The minimum Gasteiger partial charge on any atom is -0.489 e. The number of alkyl halides is 3. The van der Waals surface area contributed by atoms with Gasteiger partial charge in [0.15, 0.2) is 0 Å². The predicted octanol–water partition coefficient (Wildman–Crippen LogP) is 3.80. The molecule has 192 valence electrons. The summed E-state index contributed by atoms with van der Waals surface area (Å²) in [7, 11) is 0. The number of rotatable bonds is 6. The molecule has 0 saturated heterocycles. The average Bonchev–Trinajstić information content (AvgIpc) is 3.39. The Balaban J connectivity index is 1.47. The van der Waals surface area contributed by atoms with E-state index in [-0.39, 0.29) is 18.5 Å². The molecule has 14 heteroatoms. The van der Waals surface area contributed by atoms with Crippen LogP contribution < -0.4 is 4.74 Å². The highest BCUT2D eigenvalue weighted by Gasteiger charge is 2.42. The molecule has 0 bridgehead atoms. The zero-order chi connectivity index (χ0) is 26.2. The van der Waals surface area contributed by atoms with Crippen LogP contribution in [0.1, 0.15) is 25.4 Å². The normalized spacial score (nSPS) is 14.1. The molecule has 36 heavy (non-hydrogen) atoms. The highest BCUT2D eigenvalue weighted by Crippen LogP contribution is 2.32. The maximum Gasteiger partial charge on any atom is 0.491 e. The molecule has 0 amide bonds. The highest BCUT2D eigenvalue weighted by atomic mass is 35.5. The van der Waals surface area contributed by atoms with Gasteiger partial charge in [-0.1, -0.05) is 16.8 Å². The number of halogens is 4. The molecule has 0 aliphatic carbocycles. The van der Waals surface area contributed by atoms with Gasteiger partial charge >= 0.3 is 18.1 Å². The predicted molar refractivity (Wildman–Crippen MR) is 119 cm³/mol. The second kappa shape index (κ2) is 9.90. The molecule has 1 aliphatic rings. The van der Waals surface area contributed by atoms with Crippen LogP contribution in [0.2, 0.25) is 5.02 Å². The Hall–Kier alpha value is -3.45. The van der Waals surface area contributed by atoms with Gasteiger partial charge < -0.3 is 18.6 Å². The third kappa shape index (κ3) is 5.51. The number of ether oxygens (including phenoxy) is 2. The average molecular weight is 528 g/mol. The summed E-state index contributed by atoms with van der Waals surface area (Å²) in [6.07, 6.45) is -5.28. The number of benzene rings is 1. The monoisotopic (exact) mass is 527 g/mol. The first kappa shape index (κ1) is 25.6. The molecule has 2 aromatic heterocycles. The first-order valence-electron chi connectivity index (χ1n) is 10.8. The summed E-state index contributed by atoms with van der Waals surface area (Å²) in [6, 6.07) is 5.14. The number of imidazole rings is 1. The Morgan fingerprint density at radius 1 is 1.22 bits per heavy atom. The van der Waals surface area contributed by atoms with Crippen molar-refractivity contribution < 1.29 is 36.8 Å². The van der Waals surface area contributed by atoms with Crippen LogP contribution >= 0.6 is 11.6 Å². The van der Waals surface area contributed by atoms with Crippen LogP contribution in [0.25, 0.3) is 23.0 Å². The van der Waals surface area contributed by atoms with Crippen LogP contribution in [0.4, 0.5) is 13.2 Å². The quantitative estimate of drug-likeness (QED) is 0.349. The van der Waals surface area contributed by atoms with E-state index in [0.717, 1.165) is 5.69 Å². The van der Waals surface area contributed by atoms with Crippen molar-refractivity contribution in [2.75, 3.05) is 13.1 Å². The van der Waals surface area contributed by atoms with Gasteiger partial charge in [-0.05, 0) is 39.0 Å². The third-order valence-electron chi connectivity index (χ3n) is 5.28. The number of fused-ring (bicyclic) bond motifs is 1. The molecule has 4 rings (SSSR count). The molecule has 0 spiro atoms. The van der Waals surface area contributed by atoms with Crippen molar-refractivity contribution in [1.29, 1.82) is 0 Å². The summed E-state index contributed by atoms with van der Waals surface area (Å²) >= 11 is 6.30. The topological polar surface area (TPSA) is 113 Å². The van der Waals surface area contributed by atoms with Gasteiger partial charge in [-0.2, -0.15) is 18.2 Å². The minimum absolute atomic E-state index is 0.0380. The molecule has 3 aromatic rings. The van der Waals surface area contributed by atoms with E-state index < -0.39 is 24.7 Å². The standard InChI is InChI=1S/C22H21ClF3N5O5/c1-11(2)34-15-5-4-13(8-14(15)23)19-28-20(36-29-19)18-12(3)31-7-6-30(9-16(31)27-18)10-17(32)35-21(33)22(24,25)26/h4-5,8,11H,6-7,9-10H2,1-3H3. The Morgan fingerprint density at radius 2 is 1.97 bits per heavy atom. The van der Waals surface area contributed by atoms with Crippen LogP contribution in [0.5, 0.6) is 5.75 Å². The van der Waals surface area contributed by atoms with Crippen LogP contribution in [0.15, 0.2) is 22.7 Å². The van der Waals surface area contributed by atoms with Crippen LogP contribution in [0.3, 0.4) is 0 Å². The van der Waals surface area contributed by atoms with Gasteiger partial charge in [0.2, 0.25) is 5.82 Å². The van der Waals surface area contributed by atoms with Crippen LogP contribution in [-0.2, 0) is 27.4 Å². The molecule has 1 aromatic carbocycles. The Morgan fingerprint density at radius 3 is 2.64 bits per heavy atom. The second-order valence-electron chi connectivity index (χ2n) is 8.32. The SMILES string of the molecule is Cc1c(-c2nc(-c3ccc(OC(C)C)c(Cl)c3)no2)nc2n1CCN(CC(=O)OC(=O)C(F)(F)F)C2. The van der Waals surface area contributed by atoms with E-state index in [2.05, 4.69) is 19.9 Å². The molecule has 3 heterocycles. The van der Waals surface area contributed by atoms with E-state index in [4.69, 9.17) is 20.9 Å². The molecule has 0 unspecified atom stereocenters. The van der Waals surface area contributed by atoms with Crippen molar-refractivity contribution in [2.45, 2.75) is 46.1 Å². The second-order valence-corrected chi connectivity index (χ2v) is 8.73. The van der Waals surface area contributed by atoms with Crippen molar-refractivity contribution in [3.63, 3.8) is 0 Å². The van der Waals surface area contributed by atoms with Gasteiger partial charge in [0.25, 0.3) is 5.89 Å². The maximum atomic E-state index is 12.3. The molecule has 10 nitrogen and oxygen atoms in total. The number of aromatic nitrogens is 4. The first-order chi connectivity index (χ1) is 16.9. The molecule has 0 saturated carbocycles. The summed E-state index contributed by atoms with van der Waals surface area (Å²) < 4.78 is 53.7. The highest BCUT2D eigenvalue weighted by molar-refractivity contribution is 6.32. The maximum absolute atomic E-state index is 12.3. The van der Waals surface area contributed by atoms with E-state index in [9.17, 15) is 22.8 Å². The number of nitrogens with zero attached hydrogens (tertiary/aromatic N) is 5. The van der Waals surface area contributed by atoms with Gasteiger partial charge in [0.1, 0.15) is 17.3 Å². The molecular weight excluding hydrogens is 507 g/mol. The lowest BCUT2D eigenvalue weighted by Crippen LogP contribution is -2.39. The Kier molecular flexibility index (Phi) is 7.05. The smallest absolute Gasteiger partial charge is 0.489 e. The number of hydrogen-bond donors (Lipinski definition) is 0. The summed E-state index contributed by atoms with van der Waals surface area (Å²) in [5.74, 6) is -2.29. The lowest BCUT2D eigenvalue weighted by Gasteiger charge is -2.27. The number of carbonyl (C=O) groups is 2. The van der Waals surface area contributed by atoms with E-state index in [0.29, 0.717) is 46.8 Å². The fraction of sp³-hybridized carbons (Fsp3) is 0.409. The van der Waals surface area contributed by atoms with E-state index >= 15 is 0 Å². The first-order valence-corrected chi connectivity index (χ1v) is 11.2. The summed E-state index contributed by atoms with van der Waals surface area (Å²) in [5, 5.41) is 4.41. The summed E-state index contributed by atoms with van der Waals surface area (Å²) in [5.41, 5.74) is 1.80. The van der Waals surface area contributed by atoms with Gasteiger partial charge in [-0.3, -0.25) is 9.69 Å². The van der Waals surface area contributed by atoms with Gasteiger partial charge in [-0.25, -0.2) is 9.78 Å². The zero-order valence-electron chi connectivity index (χ0n) is 19.4. The molecule has 0 radical (unpaired) electrons. The fourth-order valence-electron chi connectivity index (χ4n) is 3.67.